The third kappa shape index (κ3) is 1.55. The summed E-state index contributed by atoms with van der Waals surface area (Å²) in [6, 6.07) is 9.10. The van der Waals surface area contributed by atoms with Crippen molar-refractivity contribution in [1.29, 1.82) is 0 Å². The van der Waals surface area contributed by atoms with Crippen LogP contribution in [0.3, 0.4) is 0 Å². The Morgan fingerprint density at radius 1 is 1.24 bits per heavy atom. The molecule has 0 amide bonds. The molecule has 1 N–H and O–H groups in total. The van der Waals surface area contributed by atoms with E-state index in [0.29, 0.717) is 0 Å². The van der Waals surface area contributed by atoms with Gasteiger partial charge in [-0.1, -0.05) is 44.0 Å². The van der Waals surface area contributed by atoms with Crippen molar-refractivity contribution in [2.24, 2.45) is 5.92 Å². The highest BCUT2D eigenvalue weighted by atomic mass is 15.0. The predicted molar refractivity (Wildman–Crippen MR) is 72.2 cm³/mol. The first-order chi connectivity index (χ1) is 8.28. The van der Waals surface area contributed by atoms with E-state index in [-0.39, 0.29) is 5.54 Å². The van der Waals surface area contributed by atoms with E-state index < -0.39 is 0 Å². The predicted octanol–water partition coefficient (Wildman–Crippen LogP) is 3.80. The topological polar surface area (TPSA) is 12.0 Å². The van der Waals surface area contributed by atoms with E-state index in [1.807, 2.05) is 0 Å². The quantitative estimate of drug-likeness (QED) is 0.772. The molecule has 1 fully saturated rings. The maximum absolute atomic E-state index is 3.70. The largest absolute Gasteiger partial charge is 0.310 e. The van der Waals surface area contributed by atoms with Crippen LogP contribution in [0.15, 0.2) is 24.3 Å². The summed E-state index contributed by atoms with van der Waals surface area (Å²) in [6.45, 7) is 2.40. The van der Waals surface area contributed by atoms with Gasteiger partial charge in [0.25, 0.3) is 0 Å². The normalized spacial score (nSPS) is 36.1. The van der Waals surface area contributed by atoms with Gasteiger partial charge in [0.1, 0.15) is 0 Å². The van der Waals surface area contributed by atoms with Crippen LogP contribution in [0, 0.1) is 5.92 Å². The van der Waals surface area contributed by atoms with Crippen molar-refractivity contribution < 1.29 is 0 Å². The molecule has 17 heavy (non-hydrogen) atoms. The summed E-state index contributed by atoms with van der Waals surface area (Å²) in [5, 5.41) is 3.70. The molecule has 0 heterocycles. The SMILES string of the molecule is CN[C@]12CCCC[C@H]1C[C@H](C)c1ccccc12. The number of nitrogens with one attached hydrogen (secondary N) is 1. The summed E-state index contributed by atoms with van der Waals surface area (Å²) >= 11 is 0. The van der Waals surface area contributed by atoms with Crippen molar-refractivity contribution in [2.45, 2.75) is 50.5 Å². The molecular weight excluding hydrogens is 206 g/mol. The van der Waals surface area contributed by atoms with Gasteiger partial charge in [-0.3, -0.25) is 0 Å². The molecule has 0 aromatic heterocycles. The number of benzene rings is 1. The number of hydrogen-bond acceptors (Lipinski definition) is 1. The van der Waals surface area contributed by atoms with Gasteiger partial charge >= 0.3 is 0 Å². The van der Waals surface area contributed by atoms with E-state index in [1.165, 1.54) is 32.1 Å². The van der Waals surface area contributed by atoms with Crippen molar-refractivity contribution in [2.75, 3.05) is 7.05 Å². The van der Waals surface area contributed by atoms with Crippen LogP contribution in [0.1, 0.15) is 56.1 Å². The first-order valence-electron chi connectivity index (χ1n) is 7.06. The van der Waals surface area contributed by atoms with Gasteiger partial charge in [0.2, 0.25) is 0 Å². The molecule has 3 rings (SSSR count). The standard InChI is InChI=1S/C16H23N/c1-12-11-13-7-5-6-10-16(13,17-2)15-9-4-3-8-14(12)15/h3-4,8-9,12-13,17H,5-7,10-11H2,1-2H3/t12-,13-,16+/m0/s1. The summed E-state index contributed by atoms with van der Waals surface area (Å²) in [5.41, 5.74) is 3.45. The Balaban J connectivity index is 2.14. The minimum Gasteiger partial charge on any atom is -0.310 e. The maximum atomic E-state index is 3.70. The summed E-state index contributed by atoms with van der Waals surface area (Å²) < 4.78 is 0. The molecule has 2 aliphatic rings. The Hall–Kier alpha value is -0.820. The molecule has 1 nitrogen and oxygen atoms in total. The molecule has 0 spiro atoms. The molecule has 3 atom stereocenters. The molecule has 0 bridgehead atoms. The highest BCUT2D eigenvalue weighted by Gasteiger charge is 2.45. The Kier molecular flexibility index (Phi) is 2.74. The molecule has 0 saturated heterocycles. The van der Waals surface area contributed by atoms with E-state index in [0.717, 1.165) is 11.8 Å². The lowest BCUT2D eigenvalue weighted by atomic mass is 9.60. The van der Waals surface area contributed by atoms with Gasteiger partial charge in [-0.25, -0.2) is 0 Å². The lowest BCUT2D eigenvalue weighted by molar-refractivity contribution is 0.120. The Bertz CT molecular complexity index is 412. The Morgan fingerprint density at radius 3 is 2.88 bits per heavy atom. The van der Waals surface area contributed by atoms with E-state index in [4.69, 9.17) is 0 Å². The molecule has 0 unspecified atom stereocenters. The van der Waals surface area contributed by atoms with Crippen LogP contribution < -0.4 is 5.32 Å². The first kappa shape index (κ1) is 11.3. The molecule has 1 saturated carbocycles. The van der Waals surface area contributed by atoms with Crippen LogP contribution >= 0.6 is 0 Å². The van der Waals surface area contributed by atoms with Gasteiger partial charge < -0.3 is 5.32 Å². The molecule has 2 aliphatic carbocycles. The molecule has 0 aliphatic heterocycles. The van der Waals surface area contributed by atoms with Crippen LogP contribution in [-0.4, -0.2) is 7.05 Å². The summed E-state index contributed by atoms with van der Waals surface area (Å²) in [5.74, 6) is 1.57. The third-order valence-corrected chi connectivity index (χ3v) is 5.13. The lowest BCUT2D eigenvalue weighted by Crippen LogP contribution is -2.51. The minimum absolute atomic E-state index is 0.279. The second kappa shape index (κ2) is 4.13. The van der Waals surface area contributed by atoms with Gasteiger partial charge in [-0.2, -0.15) is 0 Å². The van der Waals surface area contributed by atoms with Crippen molar-refractivity contribution >= 4 is 0 Å². The monoisotopic (exact) mass is 229 g/mol. The molecule has 92 valence electrons. The fourth-order valence-electron chi connectivity index (χ4n) is 4.27. The molecule has 1 heteroatoms. The second-order valence-corrected chi connectivity index (χ2v) is 5.89. The highest BCUT2D eigenvalue weighted by Crippen LogP contribution is 2.51. The smallest absolute Gasteiger partial charge is 0.0463 e. The van der Waals surface area contributed by atoms with E-state index in [2.05, 4.69) is 43.6 Å². The average Bonchev–Trinajstić information content (AvgIpc) is 2.39. The number of rotatable bonds is 1. The molecule has 0 radical (unpaired) electrons. The van der Waals surface area contributed by atoms with Crippen LogP contribution in [-0.2, 0) is 5.54 Å². The zero-order chi connectivity index (χ0) is 11.9. The fourth-order valence-corrected chi connectivity index (χ4v) is 4.27. The summed E-state index contributed by atoms with van der Waals surface area (Å²) in [7, 11) is 2.16. The van der Waals surface area contributed by atoms with Crippen molar-refractivity contribution in [1.82, 2.24) is 5.32 Å². The molecule has 1 aromatic rings. The second-order valence-electron chi connectivity index (χ2n) is 5.89. The van der Waals surface area contributed by atoms with Crippen LogP contribution in [0.4, 0.5) is 0 Å². The van der Waals surface area contributed by atoms with Crippen LogP contribution in [0.25, 0.3) is 0 Å². The van der Waals surface area contributed by atoms with Gasteiger partial charge in [-0.05, 0) is 49.3 Å². The number of hydrogen-bond donors (Lipinski definition) is 1. The fraction of sp³-hybridized carbons (Fsp3) is 0.625. The van der Waals surface area contributed by atoms with Crippen molar-refractivity contribution in [3.63, 3.8) is 0 Å². The highest BCUT2D eigenvalue weighted by molar-refractivity contribution is 5.40. The van der Waals surface area contributed by atoms with Gasteiger partial charge in [0, 0.05) is 5.54 Å². The summed E-state index contributed by atoms with van der Waals surface area (Å²) in [6.07, 6.45) is 6.87. The molecular formula is C16H23N. The van der Waals surface area contributed by atoms with E-state index in [9.17, 15) is 0 Å². The minimum atomic E-state index is 0.279. The van der Waals surface area contributed by atoms with Gasteiger partial charge in [0.05, 0.1) is 0 Å². The zero-order valence-electron chi connectivity index (χ0n) is 11.0. The van der Waals surface area contributed by atoms with Gasteiger partial charge in [0.15, 0.2) is 0 Å². The van der Waals surface area contributed by atoms with Crippen LogP contribution in [0.5, 0.6) is 0 Å². The first-order valence-corrected chi connectivity index (χ1v) is 7.06. The van der Waals surface area contributed by atoms with Crippen molar-refractivity contribution in [3.05, 3.63) is 35.4 Å². The zero-order valence-corrected chi connectivity index (χ0v) is 11.0. The maximum Gasteiger partial charge on any atom is 0.0463 e. The Labute approximate surface area is 105 Å². The van der Waals surface area contributed by atoms with E-state index in [1.54, 1.807) is 11.1 Å². The Morgan fingerprint density at radius 2 is 2.06 bits per heavy atom. The summed E-state index contributed by atoms with van der Waals surface area (Å²) in [4.78, 5) is 0. The average molecular weight is 229 g/mol. The molecule has 1 aromatic carbocycles. The van der Waals surface area contributed by atoms with E-state index >= 15 is 0 Å². The lowest BCUT2D eigenvalue weighted by Gasteiger charge is -2.50. The third-order valence-electron chi connectivity index (χ3n) is 5.13. The van der Waals surface area contributed by atoms with Gasteiger partial charge in [-0.15, -0.1) is 0 Å². The van der Waals surface area contributed by atoms with Crippen molar-refractivity contribution in [3.8, 4) is 0 Å². The van der Waals surface area contributed by atoms with Crippen LogP contribution in [0.2, 0.25) is 0 Å². The number of fused-ring (bicyclic) bond motifs is 3.